The number of likely N-dealkylation sites (N-methyl/N-ethyl adjacent to an activating group) is 1. The van der Waals surface area contributed by atoms with E-state index in [1.807, 2.05) is 27.7 Å². The normalized spacial score (nSPS) is 30.1. The first kappa shape index (κ1) is 25.9. The summed E-state index contributed by atoms with van der Waals surface area (Å²) in [6.45, 7) is 16.7. The average molecular weight is 476 g/mol. The summed E-state index contributed by atoms with van der Waals surface area (Å²) in [6, 6.07) is 0. The number of aliphatic hydroxyl groups excluding tert-OH is 1. The minimum atomic E-state index is -0.566. The van der Waals surface area contributed by atoms with E-state index in [1.165, 1.54) is 4.88 Å². The van der Waals surface area contributed by atoms with E-state index >= 15 is 0 Å². The highest BCUT2D eigenvalue weighted by molar-refractivity contribution is 7.15. The highest BCUT2D eigenvalue weighted by Gasteiger charge is 2.54. The summed E-state index contributed by atoms with van der Waals surface area (Å²) in [7, 11) is 1.79. The van der Waals surface area contributed by atoms with Crippen LogP contribution in [0.25, 0.3) is 0 Å². The van der Waals surface area contributed by atoms with Gasteiger partial charge in [0.2, 0.25) is 11.8 Å². The van der Waals surface area contributed by atoms with E-state index < -0.39 is 6.10 Å². The molecule has 1 aromatic heterocycles. The number of nitrogens with zero attached hydrogens (tertiary/aromatic N) is 2. The van der Waals surface area contributed by atoms with Crippen molar-refractivity contribution >= 4 is 28.3 Å². The van der Waals surface area contributed by atoms with Crippen molar-refractivity contribution in [2.24, 2.45) is 28.6 Å². The van der Waals surface area contributed by atoms with Crippen LogP contribution < -0.4 is 5.32 Å². The molecular formula is C26H41N3O3S. The van der Waals surface area contributed by atoms with Crippen LogP contribution in [0.15, 0.2) is 12.7 Å². The molecule has 0 spiro atoms. The van der Waals surface area contributed by atoms with E-state index in [1.54, 1.807) is 29.4 Å². The molecule has 7 heteroatoms. The van der Waals surface area contributed by atoms with Crippen LogP contribution in [0.5, 0.6) is 0 Å². The van der Waals surface area contributed by atoms with Crippen LogP contribution in [-0.4, -0.2) is 46.5 Å². The summed E-state index contributed by atoms with van der Waals surface area (Å²) in [5, 5.41) is 15.2. The maximum atomic E-state index is 12.9. The highest BCUT2D eigenvalue weighted by Crippen LogP contribution is 2.57. The van der Waals surface area contributed by atoms with Gasteiger partial charge in [-0.2, -0.15) is 0 Å². The van der Waals surface area contributed by atoms with Crippen LogP contribution in [0.3, 0.4) is 0 Å². The fourth-order valence-corrected chi connectivity index (χ4v) is 7.34. The van der Waals surface area contributed by atoms with Crippen molar-refractivity contribution in [3.05, 3.63) is 23.2 Å². The zero-order valence-electron chi connectivity index (χ0n) is 21.3. The summed E-state index contributed by atoms with van der Waals surface area (Å²) >= 11 is 1.58. The van der Waals surface area contributed by atoms with Gasteiger partial charge in [0, 0.05) is 36.7 Å². The highest BCUT2D eigenvalue weighted by atomic mass is 32.1. The number of amides is 2. The van der Waals surface area contributed by atoms with Crippen molar-refractivity contribution in [2.75, 3.05) is 18.9 Å². The Kier molecular flexibility index (Phi) is 7.45. The van der Waals surface area contributed by atoms with Crippen LogP contribution in [0.4, 0.5) is 5.13 Å². The van der Waals surface area contributed by atoms with Crippen molar-refractivity contribution in [1.29, 1.82) is 0 Å². The smallest absolute Gasteiger partial charge is 0.226 e. The number of hydrogen-bond donors (Lipinski definition) is 2. The molecular weight excluding hydrogens is 434 g/mol. The van der Waals surface area contributed by atoms with Gasteiger partial charge < -0.3 is 15.3 Å². The minimum Gasteiger partial charge on any atom is -0.392 e. The van der Waals surface area contributed by atoms with Crippen molar-refractivity contribution in [3.63, 3.8) is 0 Å². The SMILES string of the molecule is C=CCN(C)C(=O)[C@@H](C)C1CC[C@@]2(C)Cc3sc(NC(=O)CC(C)(C)C)nc3[C@@H](C)[C@@H]2[C@H]1O. The summed E-state index contributed by atoms with van der Waals surface area (Å²) in [6.07, 6.45) is 4.26. The second kappa shape index (κ2) is 9.49. The third kappa shape index (κ3) is 5.35. The lowest BCUT2D eigenvalue weighted by Gasteiger charge is -2.53. The minimum absolute atomic E-state index is 0.0130. The van der Waals surface area contributed by atoms with Crippen molar-refractivity contribution in [2.45, 2.75) is 79.2 Å². The predicted octanol–water partition coefficient (Wildman–Crippen LogP) is 4.85. The van der Waals surface area contributed by atoms with Crippen LogP contribution in [0.1, 0.15) is 77.3 Å². The van der Waals surface area contributed by atoms with Gasteiger partial charge in [-0.3, -0.25) is 9.59 Å². The quantitative estimate of drug-likeness (QED) is 0.576. The van der Waals surface area contributed by atoms with E-state index in [9.17, 15) is 14.7 Å². The largest absolute Gasteiger partial charge is 0.392 e. The van der Waals surface area contributed by atoms with Crippen LogP contribution in [-0.2, 0) is 16.0 Å². The van der Waals surface area contributed by atoms with Crippen LogP contribution in [0, 0.1) is 28.6 Å². The summed E-state index contributed by atoms with van der Waals surface area (Å²) in [5.41, 5.74) is 0.872. The Hall–Kier alpha value is -1.73. The zero-order chi connectivity index (χ0) is 24.7. The van der Waals surface area contributed by atoms with Gasteiger partial charge in [0.1, 0.15) is 0 Å². The van der Waals surface area contributed by atoms with Gasteiger partial charge >= 0.3 is 0 Å². The Bertz CT molecular complexity index is 905. The monoisotopic (exact) mass is 475 g/mol. The second-order valence-corrected chi connectivity index (χ2v) is 12.8. The van der Waals surface area contributed by atoms with E-state index in [0.717, 1.165) is 25.0 Å². The number of nitrogens with one attached hydrogen (secondary N) is 1. The molecule has 1 unspecified atom stereocenters. The molecule has 33 heavy (non-hydrogen) atoms. The molecule has 0 aromatic carbocycles. The Labute approximate surface area is 202 Å². The first-order valence-corrected chi connectivity index (χ1v) is 12.9. The lowest BCUT2D eigenvalue weighted by atomic mass is 9.53. The molecule has 1 aromatic rings. The van der Waals surface area contributed by atoms with Crippen LogP contribution >= 0.6 is 11.3 Å². The predicted molar refractivity (Wildman–Crippen MR) is 134 cm³/mol. The van der Waals surface area contributed by atoms with Gasteiger partial charge in [-0.05, 0) is 41.9 Å². The number of carbonyl (C=O) groups excluding carboxylic acids is 2. The number of aromatic nitrogens is 1. The molecule has 2 N–H and O–H groups in total. The number of thiazole rings is 1. The number of rotatable bonds is 6. The number of fused-ring (bicyclic) bond motifs is 2. The van der Waals surface area contributed by atoms with E-state index in [0.29, 0.717) is 18.1 Å². The lowest BCUT2D eigenvalue weighted by Crippen LogP contribution is -2.53. The topological polar surface area (TPSA) is 82.5 Å². The van der Waals surface area contributed by atoms with Crippen molar-refractivity contribution in [1.82, 2.24) is 9.88 Å². The zero-order valence-corrected chi connectivity index (χ0v) is 22.1. The fourth-order valence-electron chi connectivity index (χ4n) is 6.06. The molecule has 3 rings (SSSR count). The Morgan fingerprint density at radius 3 is 2.70 bits per heavy atom. The molecule has 2 amide bonds. The maximum absolute atomic E-state index is 12.9. The number of anilines is 1. The molecule has 1 saturated carbocycles. The van der Waals surface area contributed by atoms with Gasteiger partial charge in [0.05, 0.1) is 11.8 Å². The molecule has 6 atom stereocenters. The number of hydrogen-bond acceptors (Lipinski definition) is 5. The molecule has 0 aliphatic heterocycles. The molecule has 0 saturated heterocycles. The molecule has 0 bridgehead atoms. The average Bonchev–Trinajstić information content (AvgIpc) is 3.07. The van der Waals surface area contributed by atoms with E-state index in [-0.39, 0.29) is 46.3 Å². The first-order valence-electron chi connectivity index (χ1n) is 12.1. The Balaban J connectivity index is 1.80. The fraction of sp³-hybridized carbons (Fsp3) is 0.731. The van der Waals surface area contributed by atoms with Gasteiger partial charge in [-0.15, -0.1) is 17.9 Å². The standard InChI is InChI=1S/C26H41N3O3S/c1-9-12-29(8)23(32)15(2)17-10-11-26(7)13-18-21(16(3)20(26)22(17)31)28-24(33-18)27-19(30)14-25(4,5)6/h9,15-17,20,22,31H,1,10-14H2,2-8H3,(H,27,28,30)/t15-,16-,17?,20+,22-,26-/m0/s1. The molecule has 0 radical (unpaired) electrons. The van der Waals surface area contributed by atoms with Crippen molar-refractivity contribution < 1.29 is 14.7 Å². The Morgan fingerprint density at radius 1 is 1.42 bits per heavy atom. The first-order chi connectivity index (χ1) is 15.3. The molecule has 184 valence electrons. The molecule has 2 aliphatic carbocycles. The molecule has 1 heterocycles. The summed E-state index contributed by atoms with van der Waals surface area (Å²) < 4.78 is 0. The van der Waals surface area contributed by atoms with Gasteiger partial charge in [0.25, 0.3) is 0 Å². The maximum Gasteiger partial charge on any atom is 0.226 e. The molecule has 2 aliphatic rings. The Morgan fingerprint density at radius 2 is 2.09 bits per heavy atom. The summed E-state index contributed by atoms with van der Waals surface area (Å²) in [5.74, 6) is -0.175. The van der Waals surface area contributed by atoms with E-state index in [2.05, 4.69) is 25.7 Å². The van der Waals surface area contributed by atoms with Crippen LogP contribution in [0.2, 0.25) is 0 Å². The van der Waals surface area contributed by atoms with E-state index in [4.69, 9.17) is 4.98 Å². The van der Waals surface area contributed by atoms with Gasteiger partial charge in [-0.25, -0.2) is 4.98 Å². The third-order valence-corrected chi connectivity index (χ3v) is 8.66. The third-order valence-electron chi connectivity index (χ3n) is 7.67. The number of carbonyl (C=O) groups is 2. The molecule has 1 fully saturated rings. The molecule has 6 nitrogen and oxygen atoms in total. The second-order valence-electron chi connectivity index (χ2n) is 11.7. The number of aliphatic hydroxyl groups is 1. The van der Waals surface area contributed by atoms with Gasteiger partial charge in [0.15, 0.2) is 5.13 Å². The lowest BCUT2D eigenvalue weighted by molar-refractivity contribution is -0.143. The van der Waals surface area contributed by atoms with Gasteiger partial charge in [-0.1, -0.05) is 47.6 Å². The van der Waals surface area contributed by atoms with Crippen molar-refractivity contribution in [3.8, 4) is 0 Å². The summed E-state index contributed by atoms with van der Waals surface area (Å²) in [4.78, 5) is 33.1.